The number of hydrogen-bond acceptors (Lipinski definition) is 3. The highest BCUT2D eigenvalue weighted by Crippen LogP contribution is 2.31. The third-order valence-electron chi connectivity index (χ3n) is 2.50. The summed E-state index contributed by atoms with van der Waals surface area (Å²) in [6.45, 7) is 1.96. The molecule has 90 valence electrons. The topological polar surface area (TPSA) is 66.0 Å². The van der Waals surface area contributed by atoms with E-state index in [4.69, 9.17) is 5.11 Å². The van der Waals surface area contributed by atoms with Gasteiger partial charge in [0.15, 0.2) is 0 Å². The van der Waals surface area contributed by atoms with Gasteiger partial charge in [0.05, 0.1) is 11.3 Å². The summed E-state index contributed by atoms with van der Waals surface area (Å²) in [7, 11) is 0. The number of H-pyrrole nitrogens is 1. The zero-order valence-electron chi connectivity index (χ0n) is 9.16. The van der Waals surface area contributed by atoms with E-state index in [1.165, 1.54) is 0 Å². The molecule has 0 aliphatic carbocycles. The van der Waals surface area contributed by atoms with Crippen molar-refractivity contribution in [2.75, 3.05) is 0 Å². The highest BCUT2D eigenvalue weighted by Gasteiger charge is 2.13. The van der Waals surface area contributed by atoms with Gasteiger partial charge in [-0.1, -0.05) is 0 Å². The summed E-state index contributed by atoms with van der Waals surface area (Å²) in [6, 6.07) is 2.01. The summed E-state index contributed by atoms with van der Waals surface area (Å²) in [6.07, 6.45) is 0.608. The van der Waals surface area contributed by atoms with E-state index in [2.05, 4.69) is 26.1 Å². The first-order valence-electron chi connectivity index (χ1n) is 5.08. The van der Waals surface area contributed by atoms with E-state index in [0.29, 0.717) is 6.42 Å². The summed E-state index contributed by atoms with van der Waals surface area (Å²) in [5.41, 5.74) is 2.83. The van der Waals surface area contributed by atoms with Crippen LogP contribution in [-0.4, -0.2) is 21.3 Å². The van der Waals surface area contributed by atoms with Gasteiger partial charge in [-0.2, -0.15) is 5.10 Å². The van der Waals surface area contributed by atoms with E-state index in [0.717, 1.165) is 26.3 Å². The molecule has 0 fully saturated rings. The molecular formula is C11H11BrN2O2S. The average molecular weight is 315 g/mol. The van der Waals surface area contributed by atoms with Crippen LogP contribution >= 0.6 is 27.3 Å². The Bertz CT molecular complexity index is 547. The molecule has 0 saturated heterocycles. The van der Waals surface area contributed by atoms with Crippen LogP contribution in [0.15, 0.2) is 15.9 Å². The molecule has 0 saturated carbocycles. The zero-order valence-corrected chi connectivity index (χ0v) is 11.6. The van der Waals surface area contributed by atoms with Crippen molar-refractivity contribution in [3.8, 4) is 10.6 Å². The molecule has 2 heterocycles. The quantitative estimate of drug-likeness (QED) is 0.910. The van der Waals surface area contributed by atoms with Crippen molar-refractivity contribution >= 4 is 33.2 Å². The lowest BCUT2D eigenvalue weighted by Gasteiger charge is -1.96. The van der Waals surface area contributed by atoms with Crippen LogP contribution in [0.5, 0.6) is 0 Å². The predicted molar refractivity (Wildman–Crippen MR) is 70.3 cm³/mol. The minimum absolute atomic E-state index is 0.122. The van der Waals surface area contributed by atoms with Gasteiger partial charge in [-0.25, -0.2) is 0 Å². The number of nitrogens with zero attached hydrogens (tertiary/aromatic N) is 1. The normalized spacial score (nSPS) is 10.7. The van der Waals surface area contributed by atoms with Crippen LogP contribution in [0.1, 0.15) is 17.7 Å². The second kappa shape index (κ2) is 5.01. The number of aromatic amines is 1. The van der Waals surface area contributed by atoms with E-state index >= 15 is 0 Å². The Morgan fingerprint density at radius 1 is 1.65 bits per heavy atom. The molecule has 0 atom stereocenters. The summed E-state index contributed by atoms with van der Waals surface area (Å²) in [5.74, 6) is -0.792. The average Bonchev–Trinajstić information content (AvgIpc) is 2.82. The van der Waals surface area contributed by atoms with Crippen LogP contribution in [-0.2, 0) is 11.2 Å². The molecule has 2 rings (SSSR count). The number of aromatic nitrogens is 2. The number of rotatable bonds is 4. The Hall–Kier alpha value is -1.14. The number of carbonyl (C=O) groups is 1. The Kier molecular flexibility index (Phi) is 3.63. The number of aryl methyl sites for hydroxylation is 1. The molecule has 4 nitrogen and oxygen atoms in total. The molecule has 17 heavy (non-hydrogen) atoms. The summed E-state index contributed by atoms with van der Waals surface area (Å²) in [5, 5.41) is 17.8. The second-order valence-corrected chi connectivity index (χ2v) is 5.53. The number of aliphatic carboxylic acids is 1. The largest absolute Gasteiger partial charge is 0.481 e. The Labute approximate surface area is 111 Å². The smallest absolute Gasteiger partial charge is 0.303 e. The number of hydrogen-bond donors (Lipinski definition) is 2. The summed E-state index contributed by atoms with van der Waals surface area (Å²) >= 11 is 5.01. The number of nitrogens with one attached hydrogen (secondary N) is 1. The Morgan fingerprint density at radius 3 is 3.00 bits per heavy atom. The van der Waals surface area contributed by atoms with Crippen LogP contribution in [0.3, 0.4) is 0 Å². The van der Waals surface area contributed by atoms with Crippen LogP contribution in [0.25, 0.3) is 10.6 Å². The van der Waals surface area contributed by atoms with Gasteiger partial charge in [0, 0.05) is 15.5 Å². The molecule has 0 unspecified atom stereocenters. The number of thiophene rings is 1. The van der Waals surface area contributed by atoms with Crippen molar-refractivity contribution < 1.29 is 9.90 Å². The fourth-order valence-electron chi connectivity index (χ4n) is 1.59. The monoisotopic (exact) mass is 314 g/mol. The van der Waals surface area contributed by atoms with Crippen molar-refractivity contribution in [2.24, 2.45) is 0 Å². The fraction of sp³-hybridized carbons (Fsp3) is 0.273. The SMILES string of the molecule is Cc1c(-c2cc(Br)cs2)n[nH]c1CCC(=O)O. The van der Waals surface area contributed by atoms with Gasteiger partial charge in [-0.05, 0) is 40.9 Å². The molecule has 2 N–H and O–H groups in total. The van der Waals surface area contributed by atoms with Crippen molar-refractivity contribution in [2.45, 2.75) is 19.8 Å². The molecule has 0 amide bonds. The Balaban J connectivity index is 2.23. The molecule has 2 aromatic heterocycles. The molecule has 0 aromatic carbocycles. The van der Waals surface area contributed by atoms with E-state index in [-0.39, 0.29) is 6.42 Å². The lowest BCUT2D eigenvalue weighted by atomic mass is 10.1. The predicted octanol–water partition coefficient (Wildman–Crippen LogP) is 3.23. The first-order chi connectivity index (χ1) is 8.08. The third kappa shape index (κ3) is 2.76. The van der Waals surface area contributed by atoms with Crippen LogP contribution in [0.4, 0.5) is 0 Å². The van der Waals surface area contributed by atoms with Crippen LogP contribution in [0.2, 0.25) is 0 Å². The lowest BCUT2D eigenvalue weighted by molar-refractivity contribution is -0.136. The third-order valence-corrected chi connectivity index (χ3v) is 4.20. The maximum Gasteiger partial charge on any atom is 0.303 e. The first-order valence-corrected chi connectivity index (χ1v) is 6.75. The van der Waals surface area contributed by atoms with Crippen molar-refractivity contribution in [3.63, 3.8) is 0 Å². The van der Waals surface area contributed by atoms with Gasteiger partial charge in [0.2, 0.25) is 0 Å². The highest BCUT2D eigenvalue weighted by molar-refractivity contribution is 9.10. The fourth-order valence-corrected chi connectivity index (χ4v) is 3.06. The van der Waals surface area contributed by atoms with E-state index < -0.39 is 5.97 Å². The number of halogens is 1. The van der Waals surface area contributed by atoms with Crippen molar-refractivity contribution in [3.05, 3.63) is 27.2 Å². The zero-order chi connectivity index (χ0) is 12.4. The minimum atomic E-state index is -0.792. The van der Waals surface area contributed by atoms with E-state index in [1.807, 2.05) is 18.4 Å². The van der Waals surface area contributed by atoms with E-state index in [9.17, 15) is 4.79 Å². The molecule has 6 heteroatoms. The number of carboxylic acids is 1. The van der Waals surface area contributed by atoms with E-state index in [1.54, 1.807) is 11.3 Å². The van der Waals surface area contributed by atoms with Gasteiger partial charge in [-0.3, -0.25) is 9.89 Å². The summed E-state index contributed by atoms with van der Waals surface area (Å²) in [4.78, 5) is 11.6. The molecule has 2 aromatic rings. The van der Waals surface area contributed by atoms with Gasteiger partial charge in [0.1, 0.15) is 5.69 Å². The summed E-state index contributed by atoms with van der Waals surface area (Å²) < 4.78 is 1.03. The van der Waals surface area contributed by atoms with Gasteiger partial charge in [0.25, 0.3) is 0 Å². The molecule has 0 spiro atoms. The van der Waals surface area contributed by atoms with Gasteiger partial charge >= 0.3 is 5.97 Å². The molecule has 0 radical (unpaired) electrons. The lowest BCUT2D eigenvalue weighted by Crippen LogP contribution is -1.98. The van der Waals surface area contributed by atoms with Crippen molar-refractivity contribution in [1.29, 1.82) is 0 Å². The maximum absolute atomic E-state index is 10.5. The standard InChI is InChI=1S/C11H11BrN2O2S/c1-6-8(2-3-10(15)16)13-14-11(6)9-4-7(12)5-17-9/h4-5H,2-3H2,1H3,(H,13,14)(H,15,16). The second-order valence-electron chi connectivity index (χ2n) is 3.70. The van der Waals surface area contributed by atoms with Gasteiger partial charge in [-0.15, -0.1) is 11.3 Å². The highest BCUT2D eigenvalue weighted by atomic mass is 79.9. The number of carboxylic acid groups (broad SMARTS) is 1. The molecular weight excluding hydrogens is 304 g/mol. The van der Waals surface area contributed by atoms with Gasteiger partial charge < -0.3 is 5.11 Å². The van der Waals surface area contributed by atoms with Crippen LogP contribution in [0, 0.1) is 6.92 Å². The molecule has 0 bridgehead atoms. The minimum Gasteiger partial charge on any atom is -0.481 e. The van der Waals surface area contributed by atoms with Crippen molar-refractivity contribution in [1.82, 2.24) is 10.2 Å². The molecule has 0 aliphatic heterocycles. The van der Waals surface area contributed by atoms with Crippen LogP contribution < -0.4 is 0 Å². The Morgan fingerprint density at radius 2 is 2.41 bits per heavy atom. The molecule has 0 aliphatic rings. The first kappa shape index (κ1) is 12.3. The maximum atomic E-state index is 10.5.